The van der Waals surface area contributed by atoms with Crippen LogP contribution in [0.15, 0.2) is 29.1 Å². The van der Waals surface area contributed by atoms with Crippen LogP contribution in [-0.2, 0) is 16.0 Å². The first-order valence-corrected chi connectivity index (χ1v) is 7.58. The first kappa shape index (κ1) is 15.8. The van der Waals surface area contributed by atoms with Crippen molar-refractivity contribution in [3.63, 3.8) is 0 Å². The molecule has 1 aliphatic carbocycles. The van der Waals surface area contributed by atoms with Crippen molar-refractivity contribution in [1.82, 2.24) is 10.2 Å². The van der Waals surface area contributed by atoms with E-state index < -0.39 is 23.4 Å². The minimum atomic E-state index is -1.35. The number of carbonyl (C=O) groups is 1. The summed E-state index contributed by atoms with van der Waals surface area (Å²) >= 11 is 5.93. The number of nitrogens with one attached hydrogen (secondary N) is 2. The molecule has 0 amide bonds. The summed E-state index contributed by atoms with van der Waals surface area (Å²) in [5, 5.41) is 16.7. The summed E-state index contributed by atoms with van der Waals surface area (Å²) in [7, 11) is 1.27. The second-order valence-electron chi connectivity index (χ2n) is 6.04. The van der Waals surface area contributed by atoms with Gasteiger partial charge in [-0.15, -0.1) is 0 Å². The van der Waals surface area contributed by atoms with Crippen LogP contribution in [0.5, 0.6) is 0 Å². The standard InChI is InChI=1S/C16H17ClN2O4/c1-16(22)7-10-12(14(20)19-18-10)11(13(16)15(21)23-2)8-3-5-9(17)6-4-8/h3-6,11,13,22H,7H2,1-2H3,(H2,18,19,20)/t11-,13+,16-/m1/s1. The van der Waals surface area contributed by atoms with Crippen LogP contribution in [0, 0.1) is 5.92 Å². The van der Waals surface area contributed by atoms with Gasteiger partial charge in [0.2, 0.25) is 0 Å². The number of aromatic amines is 2. The molecule has 1 aliphatic rings. The van der Waals surface area contributed by atoms with Crippen molar-refractivity contribution in [1.29, 1.82) is 0 Å². The van der Waals surface area contributed by atoms with Crippen LogP contribution in [0.2, 0.25) is 5.02 Å². The van der Waals surface area contributed by atoms with E-state index in [1.165, 1.54) is 7.11 Å². The van der Waals surface area contributed by atoms with Crippen molar-refractivity contribution < 1.29 is 14.6 Å². The second-order valence-corrected chi connectivity index (χ2v) is 6.47. The maximum atomic E-state index is 12.3. The van der Waals surface area contributed by atoms with Gasteiger partial charge in [0.1, 0.15) is 0 Å². The molecule has 1 aromatic heterocycles. The fourth-order valence-corrected chi connectivity index (χ4v) is 3.54. The number of fused-ring (bicyclic) bond motifs is 1. The van der Waals surface area contributed by atoms with Crippen LogP contribution < -0.4 is 5.56 Å². The molecular formula is C16H17ClN2O4. The van der Waals surface area contributed by atoms with E-state index in [1.807, 2.05) is 0 Å². The van der Waals surface area contributed by atoms with Crippen LogP contribution in [0.4, 0.5) is 0 Å². The molecule has 0 saturated heterocycles. The second kappa shape index (κ2) is 5.54. The number of aliphatic hydroxyl groups is 1. The van der Waals surface area contributed by atoms with Gasteiger partial charge in [-0.1, -0.05) is 23.7 Å². The molecule has 1 heterocycles. The first-order chi connectivity index (χ1) is 10.8. The van der Waals surface area contributed by atoms with Gasteiger partial charge in [-0.05, 0) is 24.6 Å². The van der Waals surface area contributed by atoms with Crippen LogP contribution in [0.3, 0.4) is 0 Å². The molecule has 0 fully saturated rings. The lowest BCUT2D eigenvalue weighted by molar-refractivity contribution is -0.156. The monoisotopic (exact) mass is 336 g/mol. The number of esters is 1. The largest absolute Gasteiger partial charge is 0.469 e. The lowest BCUT2D eigenvalue weighted by atomic mass is 9.66. The summed E-state index contributed by atoms with van der Waals surface area (Å²) in [6.45, 7) is 1.58. The van der Waals surface area contributed by atoms with E-state index in [0.717, 1.165) is 5.56 Å². The highest BCUT2D eigenvalue weighted by molar-refractivity contribution is 6.30. The Kier molecular flexibility index (Phi) is 3.82. The number of hydrogen-bond acceptors (Lipinski definition) is 4. The highest BCUT2D eigenvalue weighted by Crippen LogP contribution is 2.44. The van der Waals surface area contributed by atoms with E-state index in [9.17, 15) is 14.7 Å². The zero-order valence-electron chi connectivity index (χ0n) is 12.7. The van der Waals surface area contributed by atoms with Crippen LogP contribution in [0.1, 0.15) is 29.7 Å². The highest BCUT2D eigenvalue weighted by Gasteiger charge is 2.51. The summed E-state index contributed by atoms with van der Waals surface area (Å²) < 4.78 is 4.88. The van der Waals surface area contributed by atoms with Crippen LogP contribution in [-0.4, -0.2) is 34.0 Å². The van der Waals surface area contributed by atoms with Crippen molar-refractivity contribution >= 4 is 17.6 Å². The number of methoxy groups -OCH3 is 1. The van der Waals surface area contributed by atoms with Gasteiger partial charge < -0.3 is 14.9 Å². The van der Waals surface area contributed by atoms with Crippen LogP contribution >= 0.6 is 11.6 Å². The smallest absolute Gasteiger partial charge is 0.312 e. The predicted octanol–water partition coefficient (Wildman–Crippen LogP) is 1.58. The Morgan fingerprint density at radius 3 is 2.61 bits per heavy atom. The van der Waals surface area contributed by atoms with Crippen molar-refractivity contribution in [3.8, 4) is 0 Å². The predicted molar refractivity (Wildman–Crippen MR) is 84.5 cm³/mol. The molecule has 3 atom stereocenters. The quantitative estimate of drug-likeness (QED) is 0.726. The Morgan fingerprint density at radius 1 is 1.35 bits per heavy atom. The minimum Gasteiger partial charge on any atom is -0.469 e. The lowest BCUT2D eigenvalue weighted by Crippen LogP contribution is -2.49. The average molecular weight is 337 g/mol. The number of hydrogen-bond donors (Lipinski definition) is 3. The number of rotatable bonds is 2. The van der Waals surface area contributed by atoms with E-state index in [4.69, 9.17) is 16.3 Å². The van der Waals surface area contributed by atoms with E-state index in [1.54, 1.807) is 31.2 Å². The Labute approximate surface area is 137 Å². The zero-order valence-corrected chi connectivity index (χ0v) is 13.5. The number of ether oxygens (including phenoxy) is 1. The fourth-order valence-electron chi connectivity index (χ4n) is 3.41. The van der Waals surface area contributed by atoms with Crippen molar-refractivity contribution in [3.05, 3.63) is 56.5 Å². The average Bonchev–Trinajstić information content (AvgIpc) is 2.85. The number of carbonyl (C=O) groups excluding carboxylic acids is 1. The van der Waals surface area contributed by atoms with Gasteiger partial charge in [0.25, 0.3) is 5.56 Å². The van der Waals surface area contributed by atoms with E-state index in [2.05, 4.69) is 10.2 Å². The van der Waals surface area contributed by atoms with Gasteiger partial charge in [-0.2, -0.15) is 0 Å². The van der Waals surface area contributed by atoms with Crippen molar-refractivity contribution in [2.75, 3.05) is 7.11 Å². The van der Waals surface area contributed by atoms with E-state index in [0.29, 0.717) is 16.3 Å². The number of halogens is 1. The van der Waals surface area contributed by atoms with Gasteiger partial charge in [0, 0.05) is 28.6 Å². The molecule has 1 aromatic carbocycles. The number of aromatic nitrogens is 2. The molecule has 0 saturated carbocycles. The molecule has 0 unspecified atom stereocenters. The Hall–Kier alpha value is -2.05. The third-order valence-electron chi connectivity index (χ3n) is 4.43. The third kappa shape index (κ3) is 2.58. The van der Waals surface area contributed by atoms with Crippen molar-refractivity contribution in [2.45, 2.75) is 24.9 Å². The zero-order chi connectivity index (χ0) is 16.8. The summed E-state index contributed by atoms with van der Waals surface area (Å²) in [5.74, 6) is -2.06. The maximum absolute atomic E-state index is 12.3. The van der Waals surface area contributed by atoms with Gasteiger partial charge in [-0.3, -0.25) is 14.7 Å². The molecule has 3 rings (SSSR count). The summed E-state index contributed by atoms with van der Waals surface area (Å²) in [5.41, 5.74) is 0.116. The lowest BCUT2D eigenvalue weighted by Gasteiger charge is -2.40. The SMILES string of the molecule is COC(=O)[C@@H]1[C@H](c2ccc(Cl)cc2)c2c([nH][nH]c2=O)C[C@@]1(C)O. The Bertz CT molecular complexity index is 791. The topological polar surface area (TPSA) is 95.2 Å². The molecule has 0 radical (unpaired) electrons. The van der Waals surface area contributed by atoms with Gasteiger partial charge in [0.05, 0.1) is 18.6 Å². The van der Waals surface area contributed by atoms with E-state index >= 15 is 0 Å². The molecular weight excluding hydrogens is 320 g/mol. The Morgan fingerprint density at radius 2 is 2.00 bits per heavy atom. The molecule has 0 aliphatic heterocycles. The van der Waals surface area contributed by atoms with E-state index in [-0.39, 0.29) is 12.0 Å². The summed E-state index contributed by atoms with van der Waals surface area (Å²) in [6.07, 6.45) is 0.158. The van der Waals surface area contributed by atoms with Crippen molar-refractivity contribution in [2.24, 2.45) is 5.92 Å². The molecule has 6 nitrogen and oxygen atoms in total. The fraction of sp³-hybridized carbons (Fsp3) is 0.375. The molecule has 7 heteroatoms. The molecule has 3 N–H and O–H groups in total. The maximum Gasteiger partial charge on any atom is 0.312 e. The van der Waals surface area contributed by atoms with Gasteiger partial charge in [-0.25, -0.2) is 0 Å². The molecule has 0 bridgehead atoms. The first-order valence-electron chi connectivity index (χ1n) is 7.20. The number of benzene rings is 1. The molecule has 2 aromatic rings. The third-order valence-corrected chi connectivity index (χ3v) is 4.68. The Balaban J connectivity index is 2.24. The van der Waals surface area contributed by atoms with Gasteiger partial charge in [0.15, 0.2) is 0 Å². The van der Waals surface area contributed by atoms with Gasteiger partial charge >= 0.3 is 5.97 Å². The summed E-state index contributed by atoms with van der Waals surface area (Å²) in [6, 6.07) is 6.88. The normalized spacial score (nSPS) is 26.6. The number of H-pyrrole nitrogens is 2. The molecule has 122 valence electrons. The molecule has 0 spiro atoms. The highest BCUT2D eigenvalue weighted by atomic mass is 35.5. The minimum absolute atomic E-state index is 0.158. The summed E-state index contributed by atoms with van der Waals surface area (Å²) in [4.78, 5) is 24.6. The molecule has 23 heavy (non-hydrogen) atoms. The van der Waals surface area contributed by atoms with Crippen LogP contribution in [0.25, 0.3) is 0 Å².